The van der Waals surface area contributed by atoms with Crippen molar-refractivity contribution in [3.05, 3.63) is 23.4 Å². The SMILES string of the molecule is COC(=O)c1ccc(N2CCC(C(C)O)C2)nc1C. The normalized spacial score (nSPS) is 20.4. The van der Waals surface area contributed by atoms with E-state index in [0.717, 1.165) is 25.3 Å². The topological polar surface area (TPSA) is 62.7 Å². The predicted octanol–water partition coefficient (Wildman–Crippen LogP) is 1.38. The summed E-state index contributed by atoms with van der Waals surface area (Å²) in [6, 6.07) is 3.59. The first kappa shape index (κ1) is 13.8. The number of hydrogen-bond acceptors (Lipinski definition) is 5. The average molecular weight is 264 g/mol. The van der Waals surface area contributed by atoms with Crippen LogP contribution in [-0.2, 0) is 4.74 Å². The smallest absolute Gasteiger partial charge is 0.339 e. The summed E-state index contributed by atoms with van der Waals surface area (Å²) in [5.41, 5.74) is 1.17. The summed E-state index contributed by atoms with van der Waals surface area (Å²) in [4.78, 5) is 18.1. The number of pyridine rings is 1. The van der Waals surface area contributed by atoms with Crippen LogP contribution in [-0.4, -0.2) is 42.4 Å². The highest BCUT2D eigenvalue weighted by Gasteiger charge is 2.27. The summed E-state index contributed by atoms with van der Waals surface area (Å²) in [6.07, 6.45) is 0.678. The van der Waals surface area contributed by atoms with E-state index in [-0.39, 0.29) is 12.1 Å². The summed E-state index contributed by atoms with van der Waals surface area (Å²) in [5, 5.41) is 9.61. The fraction of sp³-hybridized carbons (Fsp3) is 0.571. The second-order valence-corrected chi connectivity index (χ2v) is 5.03. The van der Waals surface area contributed by atoms with E-state index in [1.54, 1.807) is 13.0 Å². The third-order valence-corrected chi connectivity index (χ3v) is 3.71. The number of rotatable bonds is 3. The maximum absolute atomic E-state index is 11.5. The quantitative estimate of drug-likeness (QED) is 0.836. The van der Waals surface area contributed by atoms with Gasteiger partial charge in [-0.25, -0.2) is 9.78 Å². The molecule has 1 aromatic heterocycles. The Morgan fingerprint density at radius 2 is 2.32 bits per heavy atom. The fourth-order valence-electron chi connectivity index (χ4n) is 2.44. The average Bonchev–Trinajstić information content (AvgIpc) is 2.87. The Balaban J connectivity index is 2.15. The molecule has 0 saturated carbocycles. The van der Waals surface area contributed by atoms with E-state index in [1.165, 1.54) is 7.11 Å². The monoisotopic (exact) mass is 264 g/mol. The minimum Gasteiger partial charge on any atom is -0.465 e. The summed E-state index contributed by atoms with van der Waals surface area (Å²) >= 11 is 0. The molecule has 0 radical (unpaired) electrons. The number of aliphatic hydroxyl groups is 1. The molecule has 2 unspecified atom stereocenters. The van der Waals surface area contributed by atoms with Gasteiger partial charge in [0.25, 0.3) is 0 Å². The number of nitrogens with zero attached hydrogens (tertiary/aromatic N) is 2. The van der Waals surface area contributed by atoms with Gasteiger partial charge in [-0.3, -0.25) is 0 Å². The number of esters is 1. The maximum Gasteiger partial charge on any atom is 0.339 e. The molecule has 0 spiro atoms. The first-order chi connectivity index (χ1) is 9.02. The van der Waals surface area contributed by atoms with Gasteiger partial charge in [0.15, 0.2) is 0 Å². The van der Waals surface area contributed by atoms with Crippen molar-refractivity contribution in [3.63, 3.8) is 0 Å². The summed E-state index contributed by atoms with van der Waals surface area (Å²) in [6.45, 7) is 5.33. The standard InChI is InChI=1S/C14H20N2O3/c1-9-12(14(18)19-3)4-5-13(15-9)16-7-6-11(8-16)10(2)17/h4-5,10-11,17H,6-8H2,1-3H3. The van der Waals surface area contributed by atoms with Gasteiger partial charge in [0.2, 0.25) is 0 Å². The molecule has 19 heavy (non-hydrogen) atoms. The highest BCUT2D eigenvalue weighted by atomic mass is 16.5. The van der Waals surface area contributed by atoms with Crippen molar-refractivity contribution < 1.29 is 14.6 Å². The summed E-state index contributed by atoms with van der Waals surface area (Å²) in [5.74, 6) is 0.788. The molecular formula is C14H20N2O3. The first-order valence-electron chi connectivity index (χ1n) is 6.52. The Labute approximate surface area is 113 Å². The van der Waals surface area contributed by atoms with E-state index >= 15 is 0 Å². The number of aryl methyl sites for hydroxylation is 1. The number of aromatic nitrogens is 1. The van der Waals surface area contributed by atoms with Gasteiger partial charge in [0, 0.05) is 19.0 Å². The molecule has 1 aromatic rings. The van der Waals surface area contributed by atoms with Gasteiger partial charge >= 0.3 is 5.97 Å². The van der Waals surface area contributed by atoms with Crippen molar-refractivity contribution >= 4 is 11.8 Å². The van der Waals surface area contributed by atoms with E-state index in [4.69, 9.17) is 4.74 Å². The zero-order valence-corrected chi connectivity index (χ0v) is 11.6. The molecule has 1 aliphatic heterocycles. The molecule has 5 nitrogen and oxygen atoms in total. The minimum atomic E-state index is -0.361. The van der Waals surface area contributed by atoms with E-state index in [1.807, 2.05) is 13.0 Å². The van der Waals surface area contributed by atoms with Crippen LogP contribution in [0.15, 0.2) is 12.1 Å². The lowest BCUT2D eigenvalue weighted by atomic mass is 10.0. The number of methoxy groups -OCH3 is 1. The van der Waals surface area contributed by atoms with Gasteiger partial charge < -0.3 is 14.7 Å². The molecule has 1 N–H and O–H groups in total. The Bertz CT molecular complexity index is 474. The van der Waals surface area contributed by atoms with E-state index in [2.05, 4.69) is 9.88 Å². The molecular weight excluding hydrogens is 244 g/mol. The largest absolute Gasteiger partial charge is 0.465 e. The second-order valence-electron chi connectivity index (χ2n) is 5.03. The van der Waals surface area contributed by atoms with Crippen molar-refractivity contribution in [3.8, 4) is 0 Å². The highest BCUT2D eigenvalue weighted by Crippen LogP contribution is 2.25. The van der Waals surface area contributed by atoms with Crippen molar-refractivity contribution in [1.29, 1.82) is 0 Å². The van der Waals surface area contributed by atoms with Crippen LogP contribution < -0.4 is 4.90 Å². The Hall–Kier alpha value is -1.62. The van der Waals surface area contributed by atoms with Gasteiger partial charge in [-0.15, -0.1) is 0 Å². The molecule has 1 saturated heterocycles. The van der Waals surface area contributed by atoms with Crippen molar-refractivity contribution in [2.75, 3.05) is 25.1 Å². The maximum atomic E-state index is 11.5. The van der Waals surface area contributed by atoms with Gasteiger partial charge in [0.05, 0.1) is 24.5 Å². The molecule has 0 bridgehead atoms. The Morgan fingerprint density at radius 1 is 1.58 bits per heavy atom. The molecule has 1 aliphatic rings. The Morgan fingerprint density at radius 3 is 2.84 bits per heavy atom. The molecule has 0 aliphatic carbocycles. The lowest BCUT2D eigenvalue weighted by Gasteiger charge is -2.19. The van der Waals surface area contributed by atoms with Gasteiger partial charge in [-0.05, 0) is 32.4 Å². The van der Waals surface area contributed by atoms with E-state index in [9.17, 15) is 9.90 Å². The second kappa shape index (κ2) is 5.57. The molecule has 2 atom stereocenters. The number of ether oxygens (including phenoxy) is 1. The van der Waals surface area contributed by atoms with Crippen LogP contribution in [0.4, 0.5) is 5.82 Å². The zero-order valence-electron chi connectivity index (χ0n) is 11.6. The molecule has 5 heteroatoms. The third kappa shape index (κ3) is 2.87. The number of anilines is 1. The molecule has 104 valence electrons. The lowest BCUT2D eigenvalue weighted by molar-refractivity contribution is 0.0599. The van der Waals surface area contributed by atoms with Crippen LogP contribution >= 0.6 is 0 Å². The summed E-state index contributed by atoms with van der Waals surface area (Å²) in [7, 11) is 1.36. The number of hydrogen-bond donors (Lipinski definition) is 1. The molecule has 0 amide bonds. The number of carbonyl (C=O) groups excluding carboxylic acids is 1. The van der Waals surface area contributed by atoms with Crippen molar-refractivity contribution in [2.45, 2.75) is 26.4 Å². The van der Waals surface area contributed by atoms with Crippen molar-refractivity contribution in [2.24, 2.45) is 5.92 Å². The first-order valence-corrected chi connectivity index (χ1v) is 6.52. The minimum absolute atomic E-state index is 0.291. The Kier molecular flexibility index (Phi) is 4.04. The van der Waals surface area contributed by atoms with E-state index in [0.29, 0.717) is 17.2 Å². The van der Waals surface area contributed by atoms with Crippen LogP contribution in [0.25, 0.3) is 0 Å². The number of carbonyl (C=O) groups is 1. The van der Waals surface area contributed by atoms with E-state index < -0.39 is 0 Å². The highest BCUT2D eigenvalue weighted by molar-refractivity contribution is 5.90. The molecule has 1 fully saturated rings. The van der Waals surface area contributed by atoms with Crippen LogP contribution in [0, 0.1) is 12.8 Å². The zero-order chi connectivity index (χ0) is 14.0. The molecule has 2 heterocycles. The van der Waals surface area contributed by atoms with Gasteiger partial charge in [-0.1, -0.05) is 0 Å². The summed E-state index contributed by atoms with van der Waals surface area (Å²) < 4.78 is 4.71. The van der Waals surface area contributed by atoms with Crippen LogP contribution in [0.2, 0.25) is 0 Å². The predicted molar refractivity (Wildman–Crippen MR) is 72.3 cm³/mol. The van der Waals surface area contributed by atoms with Crippen molar-refractivity contribution in [1.82, 2.24) is 4.98 Å². The fourth-order valence-corrected chi connectivity index (χ4v) is 2.44. The third-order valence-electron chi connectivity index (χ3n) is 3.71. The molecule has 2 rings (SSSR count). The lowest BCUT2D eigenvalue weighted by Crippen LogP contribution is -2.25. The number of aliphatic hydroxyl groups excluding tert-OH is 1. The van der Waals surface area contributed by atoms with Crippen LogP contribution in [0.3, 0.4) is 0 Å². The van der Waals surface area contributed by atoms with Gasteiger partial charge in [-0.2, -0.15) is 0 Å². The van der Waals surface area contributed by atoms with Gasteiger partial charge in [0.1, 0.15) is 5.82 Å². The van der Waals surface area contributed by atoms with Crippen LogP contribution in [0.5, 0.6) is 0 Å². The van der Waals surface area contributed by atoms with Crippen LogP contribution in [0.1, 0.15) is 29.4 Å². The molecule has 0 aromatic carbocycles.